The standard InChI is InChI=1S/C16H17ClN4O3S/c1-12-8-14(17)5-6-15(12)21(25(2,23)24)11-16(22)20-19-10-13-4-3-7-18-9-13/h3-10H,11H2,1-2H3,(H,20,22)/b19-10-. The van der Waals surface area contributed by atoms with Crippen molar-refractivity contribution in [3.05, 3.63) is 58.9 Å². The number of carbonyl (C=O) groups excluding carboxylic acids is 1. The number of hydrogen-bond donors (Lipinski definition) is 1. The number of nitrogens with one attached hydrogen (secondary N) is 1. The normalized spacial score (nSPS) is 11.5. The summed E-state index contributed by atoms with van der Waals surface area (Å²) in [6.07, 6.45) is 5.65. The van der Waals surface area contributed by atoms with Crippen molar-refractivity contribution in [3.63, 3.8) is 0 Å². The number of halogens is 1. The Morgan fingerprint density at radius 2 is 2.16 bits per heavy atom. The number of hydrogen-bond acceptors (Lipinski definition) is 5. The van der Waals surface area contributed by atoms with Crippen LogP contribution in [0.15, 0.2) is 47.8 Å². The fourth-order valence-corrected chi connectivity index (χ4v) is 3.22. The lowest BCUT2D eigenvalue weighted by Gasteiger charge is -2.23. The lowest BCUT2D eigenvalue weighted by Crippen LogP contribution is -2.39. The zero-order chi connectivity index (χ0) is 18.4. The van der Waals surface area contributed by atoms with E-state index >= 15 is 0 Å². The Balaban J connectivity index is 2.12. The maximum absolute atomic E-state index is 12.1. The van der Waals surface area contributed by atoms with Gasteiger partial charge in [0.2, 0.25) is 10.0 Å². The van der Waals surface area contributed by atoms with Crippen molar-refractivity contribution in [2.24, 2.45) is 5.10 Å². The summed E-state index contributed by atoms with van der Waals surface area (Å²) in [4.78, 5) is 16.0. The van der Waals surface area contributed by atoms with Crippen LogP contribution in [0.4, 0.5) is 5.69 Å². The Morgan fingerprint density at radius 1 is 1.40 bits per heavy atom. The van der Waals surface area contributed by atoms with Gasteiger partial charge in [-0.1, -0.05) is 17.7 Å². The fraction of sp³-hybridized carbons (Fsp3) is 0.188. The molecule has 1 aromatic carbocycles. The van der Waals surface area contributed by atoms with Crippen molar-refractivity contribution < 1.29 is 13.2 Å². The average molecular weight is 381 g/mol. The minimum Gasteiger partial charge on any atom is -0.271 e. The Labute approximate surface area is 151 Å². The number of hydrazone groups is 1. The minimum atomic E-state index is -3.66. The molecule has 0 aliphatic carbocycles. The average Bonchev–Trinajstić information content (AvgIpc) is 2.53. The number of aromatic nitrogens is 1. The highest BCUT2D eigenvalue weighted by atomic mass is 35.5. The molecule has 1 heterocycles. The first-order valence-corrected chi connectivity index (χ1v) is 9.46. The molecule has 0 radical (unpaired) electrons. The van der Waals surface area contributed by atoms with E-state index in [9.17, 15) is 13.2 Å². The number of sulfonamides is 1. The Hall–Kier alpha value is -2.45. The maximum Gasteiger partial charge on any atom is 0.260 e. The second-order valence-corrected chi connectivity index (χ2v) is 7.62. The van der Waals surface area contributed by atoms with Crippen molar-refractivity contribution in [1.82, 2.24) is 10.4 Å². The van der Waals surface area contributed by atoms with Crippen LogP contribution in [0.1, 0.15) is 11.1 Å². The van der Waals surface area contributed by atoms with Crippen molar-refractivity contribution in [1.29, 1.82) is 0 Å². The van der Waals surface area contributed by atoms with Gasteiger partial charge in [0.1, 0.15) is 6.54 Å². The number of rotatable bonds is 6. The van der Waals surface area contributed by atoms with E-state index in [0.29, 0.717) is 21.8 Å². The Morgan fingerprint density at radius 3 is 2.76 bits per heavy atom. The second kappa shape index (κ2) is 8.09. The van der Waals surface area contributed by atoms with E-state index in [1.807, 2.05) is 0 Å². The van der Waals surface area contributed by atoms with Gasteiger partial charge in [0, 0.05) is 23.0 Å². The molecule has 132 valence electrons. The molecule has 0 spiro atoms. The van der Waals surface area contributed by atoms with Crippen molar-refractivity contribution in [2.75, 3.05) is 17.1 Å². The van der Waals surface area contributed by atoms with Crippen LogP contribution in [-0.2, 0) is 14.8 Å². The monoisotopic (exact) mass is 380 g/mol. The van der Waals surface area contributed by atoms with E-state index in [-0.39, 0.29) is 0 Å². The lowest BCUT2D eigenvalue weighted by atomic mass is 10.2. The molecule has 0 saturated carbocycles. The van der Waals surface area contributed by atoms with Crippen LogP contribution in [-0.4, -0.2) is 38.3 Å². The molecule has 0 atom stereocenters. The van der Waals surface area contributed by atoms with E-state index in [1.54, 1.807) is 49.6 Å². The van der Waals surface area contributed by atoms with Gasteiger partial charge in [-0.05, 0) is 36.8 Å². The maximum atomic E-state index is 12.1. The van der Waals surface area contributed by atoms with Gasteiger partial charge in [0.15, 0.2) is 0 Å². The minimum absolute atomic E-state index is 0.387. The summed E-state index contributed by atoms with van der Waals surface area (Å²) in [5.41, 5.74) is 4.04. The molecule has 0 fully saturated rings. The lowest BCUT2D eigenvalue weighted by molar-refractivity contribution is -0.119. The zero-order valence-corrected chi connectivity index (χ0v) is 15.3. The molecule has 1 aromatic heterocycles. The van der Waals surface area contributed by atoms with Crippen LogP contribution in [0.3, 0.4) is 0 Å². The summed E-state index contributed by atoms with van der Waals surface area (Å²) in [5.74, 6) is -0.570. The van der Waals surface area contributed by atoms with Crippen LogP contribution in [0.2, 0.25) is 5.02 Å². The highest BCUT2D eigenvalue weighted by molar-refractivity contribution is 7.92. The van der Waals surface area contributed by atoms with Crippen LogP contribution in [0.25, 0.3) is 0 Å². The summed E-state index contributed by atoms with van der Waals surface area (Å²) in [6, 6.07) is 8.26. The van der Waals surface area contributed by atoms with Gasteiger partial charge in [0.05, 0.1) is 18.2 Å². The number of carbonyl (C=O) groups is 1. The van der Waals surface area contributed by atoms with Crippen LogP contribution < -0.4 is 9.73 Å². The molecule has 25 heavy (non-hydrogen) atoms. The SMILES string of the molecule is Cc1cc(Cl)ccc1N(CC(=O)N/N=C\c1cccnc1)S(C)(=O)=O. The van der Waals surface area contributed by atoms with Crippen LogP contribution in [0, 0.1) is 6.92 Å². The molecule has 0 aliphatic rings. The topological polar surface area (TPSA) is 91.7 Å². The summed E-state index contributed by atoms with van der Waals surface area (Å²) < 4.78 is 25.1. The van der Waals surface area contributed by atoms with Gasteiger partial charge in [-0.15, -0.1) is 0 Å². The van der Waals surface area contributed by atoms with Crippen molar-refractivity contribution in [2.45, 2.75) is 6.92 Å². The molecule has 2 rings (SSSR count). The first kappa shape index (κ1) is 18.9. The first-order chi connectivity index (χ1) is 11.8. The van der Waals surface area contributed by atoms with E-state index in [2.05, 4.69) is 15.5 Å². The fourth-order valence-electron chi connectivity index (χ4n) is 2.08. The van der Waals surface area contributed by atoms with E-state index in [4.69, 9.17) is 11.6 Å². The molecule has 1 N–H and O–H groups in total. The van der Waals surface area contributed by atoms with Crippen molar-refractivity contribution in [3.8, 4) is 0 Å². The molecule has 0 bridgehead atoms. The third-order valence-electron chi connectivity index (χ3n) is 3.20. The van der Waals surface area contributed by atoms with Crippen molar-refractivity contribution >= 4 is 39.4 Å². The third kappa shape index (κ3) is 5.54. The predicted molar refractivity (Wildman–Crippen MR) is 98.4 cm³/mol. The van der Waals surface area contributed by atoms with E-state index < -0.39 is 22.5 Å². The number of pyridine rings is 1. The summed E-state index contributed by atoms with van der Waals surface area (Å²) in [7, 11) is -3.66. The summed E-state index contributed by atoms with van der Waals surface area (Å²) >= 11 is 5.90. The molecule has 7 nitrogen and oxygen atoms in total. The number of aryl methyl sites for hydroxylation is 1. The highest BCUT2D eigenvalue weighted by Gasteiger charge is 2.22. The number of amides is 1. The number of nitrogens with zero attached hydrogens (tertiary/aromatic N) is 3. The van der Waals surface area contributed by atoms with Crippen LogP contribution in [0.5, 0.6) is 0 Å². The molecule has 0 unspecified atom stereocenters. The molecule has 1 amide bonds. The molecule has 2 aromatic rings. The molecular weight excluding hydrogens is 364 g/mol. The van der Waals surface area contributed by atoms with Crippen LogP contribution >= 0.6 is 11.6 Å². The zero-order valence-electron chi connectivity index (χ0n) is 13.7. The highest BCUT2D eigenvalue weighted by Crippen LogP contribution is 2.25. The smallest absolute Gasteiger partial charge is 0.260 e. The largest absolute Gasteiger partial charge is 0.271 e. The molecular formula is C16H17ClN4O3S. The molecule has 9 heteroatoms. The number of anilines is 1. The first-order valence-electron chi connectivity index (χ1n) is 7.23. The molecule has 0 saturated heterocycles. The van der Waals surface area contributed by atoms with Gasteiger partial charge in [-0.25, -0.2) is 13.8 Å². The van der Waals surface area contributed by atoms with Gasteiger partial charge < -0.3 is 0 Å². The quantitative estimate of drug-likeness (QED) is 0.612. The van der Waals surface area contributed by atoms with Gasteiger partial charge >= 0.3 is 0 Å². The Bertz CT molecular complexity index is 886. The molecule has 0 aliphatic heterocycles. The predicted octanol–water partition coefficient (Wildman–Crippen LogP) is 1.96. The summed E-state index contributed by atoms with van der Waals surface area (Å²) in [6.45, 7) is 1.32. The van der Waals surface area contributed by atoms with Gasteiger partial charge in [-0.3, -0.25) is 14.1 Å². The summed E-state index contributed by atoms with van der Waals surface area (Å²) in [5, 5.41) is 4.29. The Kier molecular flexibility index (Phi) is 6.11. The van der Waals surface area contributed by atoms with E-state index in [1.165, 1.54) is 6.21 Å². The van der Waals surface area contributed by atoms with E-state index in [0.717, 1.165) is 10.6 Å². The second-order valence-electron chi connectivity index (χ2n) is 5.28. The van der Waals surface area contributed by atoms with Gasteiger partial charge in [-0.2, -0.15) is 5.10 Å². The number of benzene rings is 1. The third-order valence-corrected chi connectivity index (χ3v) is 4.56. The van der Waals surface area contributed by atoms with Gasteiger partial charge in [0.25, 0.3) is 5.91 Å².